The summed E-state index contributed by atoms with van der Waals surface area (Å²) in [4.78, 5) is 26.4. The van der Waals surface area contributed by atoms with Crippen molar-refractivity contribution >= 4 is 40.1 Å². The van der Waals surface area contributed by atoms with E-state index in [-0.39, 0.29) is 5.91 Å². The molecule has 156 valence electrons. The number of rotatable bonds is 4. The van der Waals surface area contributed by atoms with Crippen LogP contribution in [0.1, 0.15) is 20.7 Å². The van der Waals surface area contributed by atoms with Crippen molar-refractivity contribution in [1.29, 1.82) is 0 Å². The fourth-order valence-corrected chi connectivity index (χ4v) is 3.38. The van der Waals surface area contributed by atoms with Crippen LogP contribution in [0.25, 0.3) is 22.3 Å². The first kappa shape index (κ1) is 23.0. The Balaban J connectivity index is 0.000000269. The van der Waals surface area contributed by atoms with E-state index < -0.39 is 5.24 Å². The quantitative estimate of drug-likeness (QED) is 0.184. The number of halogens is 1. The van der Waals surface area contributed by atoms with Crippen molar-refractivity contribution in [2.75, 3.05) is 0 Å². The predicted molar refractivity (Wildman–Crippen MR) is 133 cm³/mol. The summed E-state index contributed by atoms with van der Waals surface area (Å²) in [5, 5.41) is 1.76. The number of hydrogen-bond acceptors (Lipinski definition) is 3. The second kappa shape index (κ2) is 11.6. The Morgan fingerprint density at radius 2 is 1.22 bits per heavy atom. The number of carbonyl (C=O) groups is 2. The van der Waals surface area contributed by atoms with Crippen LogP contribution in [0, 0.1) is 0 Å². The van der Waals surface area contributed by atoms with Crippen LogP contribution in [0.2, 0.25) is 0 Å². The van der Waals surface area contributed by atoms with Gasteiger partial charge in [0.2, 0.25) is 0 Å². The first-order valence-corrected chi connectivity index (χ1v) is 10.5. The molecule has 0 aliphatic carbocycles. The molecule has 32 heavy (non-hydrogen) atoms. The van der Waals surface area contributed by atoms with E-state index in [0.717, 1.165) is 22.3 Å². The minimum absolute atomic E-state index is 0.378. The molecule has 4 aromatic carbocycles. The number of benzene rings is 4. The van der Waals surface area contributed by atoms with Gasteiger partial charge < -0.3 is 0 Å². The van der Waals surface area contributed by atoms with E-state index in [4.69, 9.17) is 11.6 Å². The van der Waals surface area contributed by atoms with Gasteiger partial charge in [0.05, 0.1) is 10.7 Å². The molecule has 5 heteroatoms. The van der Waals surface area contributed by atoms with E-state index in [1.807, 2.05) is 78.9 Å². The summed E-state index contributed by atoms with van der Waals surface area (Å²) < 4.78 is 0. The first-order valence-electron chi connectivity index (χ1n) is 9.72. The van der Waals surface area contributed by atoms with E-state index >= 15 is 0 Å². The summed E-state index contributed by atoms with van der Waals surface area (Å²) in [5.74, 6) is -0.378. The summed E-state index contributed by atoms with van der Waals surface area (Å²) in [7, 11) is 0. The summed E-state index contributed by atoms with van der Waals surface area (Å²) in [6, 6.07) is 34.2. The van der Waals surface area contributed by atoms with Gasteiger partial charge in [0.15, 0.2) is 0 Å². The summed E-state index contributed by atoms with van der Waals surface area (Å²) in [5.41, 5.74) is 4.93. The van der Waals surface area contributed by atoms with E-state index in [0.29, 0.717) is 11.1 Å². The van der Waals surface area contributed by atoms with E-state index in [9.17, 15) is 9.59 Å². The van der Waals surface area contributed by atoms with Crippen LogP contribution in [0.4, 0.5) is 0 Å². The highest BCUT2D eigenvalue weighted by Gasteiger charge is 2.16. The lowest BCUT2D eigenvalue weighted by atomic mass is 9.90. The van der Waals surface area contributed by atoms with Gasteiger partial charge in [-0.1, -0.05) is 103 Å². The summed E-state index contributed by atoms with van der Waals surface area (Å²) in [6.07, 6.45) is 0. The SMILES string of the molecule is O=C(Cl)c1ccccc1.O=C(N=C=S)c1cccc(-c2ccccc2)c1-c1ccccc1. The van der Waals surface area contributed by atoms with Gasteiger partial charge in [-0.2, -0.15) is 4.99 Å². The summed E-state index contributed by atoms with van der Waals surface area (Å²) in [6.45, 7) is 0. The molecule has 0 fully saturated rings. The largest absolute Gasteiger partial charge is 0.286 e. The van der Waals surface area contributed by atoms with E-state index in [1.54, 1.807) is 30.3 Å². The van der Waals surface area contributed by atoms with Crippen molar-refractivity contribution in [1.82, 2.24) is 0 Å². The van der Waals surface area contributed by atoms with Gasteiger partial charge in [-0.25, -0.2) is 0 Å². The highest BCUT2D eigenvalue weighted by atomic mass is 35.5. The zero-order valence-corrected chi connectivity index (χ0v) is 18.5. The Bertz CT molecular complexity index is 1250. The number of isothiocyanates is 1. The molecule has 0 aliphatic heterocycles. The molecule has 0 atom stereocenters. The third-order valence-electron chi connectivity index (χ3n) is 4.59. The van der Waals surface area contributed by atoms with Crippen molar-refractivity contribution < 1.29 is 9.59 Å². The second-order valence-electron chi connectivity index (χ2n) is 6.61. The number of carbonyl (C=O) groups excluding carboxylic acids is 2. The number of aliphatic imine (C=N–C) groups is 1. The van der Waals surface area contributed by atoms with Gasteiger partial charge in [-0.05, 0) is 46.6 Å². The van der Waals surface area contributed by atoms with E-state index in [2.05, 4.69) is 22.4 Å². The number of amides is 1. The normalized spacial score (nSPS) is 9.66. The third-order valence-corrected chi connectivity index (χ3v) is 4.90. The minimum Gasteiger partial charge on any atom is -0.276 e. The number of nitrogens with zero attached hydrogens (tertiary/aromatic N) is 1. The van der Waals surface area contributed by atoms with Crippen molar-refractivity contribution in [2.24, 2.45) is 4.99 Å². The van der Waals surface area contributed by atoms with Crippen LogP contribution in [0.15, 0.2) is 114 Å². The van der Waals surface area contributed by atoms with Crippen LogP contribution in [0.5, 0.6) is 0 Å². The van der Waals surface area contributed by atoms with Crippen LogP contribution < -0.4 is 0 Å². The fourth-order valence-electron chi connectivity index (χ4n) is 3.18. The maximum atomic E-state index is 12.3. The molecule has 0 heterocycles. The van der Waals surface area contributed by atoms with E-state index in [1.165, 1.54) is 0 Å². The number of hydrogen-bond donors (Lipinski definition) is 0. The zero-order valence-electron chi connectivity index (χ0n) is 16.9. The van der Waals surface area contributed by atoms with Gasteiger partial charge in [-0.3, -0.25) is 9.59 Å². The van der Waals surface area contributed by atoms with Gasteiger partial charge in [-0.15, -0.1) is 0 Å². The Morgan fingerprint density at radius 3 is 1.72 bits per heavy atom. The maximum absolute atomic E-state index is 12.3. The predicted octanol–water partition coefficient (Wildman–Crippen LogP) is 7.33. The van der Waals surface area contributed by atoms with Crippen LogP contribution in [-0.4, -0.2) is 16.3 Å². The van der Waals surface area contributed by atoms with Gasteiger partial charge >= 0.3 is 0 Å². The highest BCUT2D eigenvalue weighted by molar-refractivity contribution is 7.78. The molecular weight excluding hydrogens is 438 g/mol. The van der Waals surface area contributed by atoms with Crippen molar-refractivity contribution in [3.8, 4) is 22.3 Å². The lowest BCUT2D eigenvalue weighted by Crippen LogP contribution is -2.00. The monoisotopic (exact) mass is 455 g/mol. The van der Waals surface area contributed by atoms with Crippen LogP contribution >= 0.6 is 23.8 Å². The fraction of sp³-hybridized carbons (Fsp3) is 0. The zero-order chi connectivity index (χ0) is 22.8. The standard InChI is InChI=1S/C20H13NOS.C7H5ClO/c22-20(21-14-23)18-13-7-12-17(15-8-3-1-4-9-15)19(18)16-10-5-2-6-11-16;8-7(9)6-4-2-1-3-5-6/h1-13H;1-5H. The Kier molecular flexibility index (Phi) is 8.36. The molecule has 0 bridgehead atoms. The molecule has 4 rings (SSSR count). The van der Waals surface area contributed by atoms with Gasteiger partial charge in [0.25, 0.3) is 11.1 Å². The molecule has 0 spiro atoms. The lowest BCUT2D eigenvalue weighted by Gasteiger charge is -2.13. The van der Waals surface area contributed by atoms with Crippen molar-refractivity contribution in [3.63, 3.8) is 0 Å². The molecule has 0 aromatic heterocycles. The van der Waals surface area contributed by atoms with Gasteiger partial charge in [0.1, 0.15) is 0 Å². The van der Waals surface area contributed by atoms with Crippen molar-refractivity contribution in [3.05, 3.63) is 120 Å². The average molecular weight is 456 g/mol. The van der Waals surface area contributed by atoms with Crippen LogP contribution in [0.3, 0.4) is 0 Å². The molecule has 3 nitrogen and oxygen atoms in total. The van der Waals surface area contributed by atoms with Crippen LogP contribution in [-0.2, 0) is 0 Å². The molecule has 0 aliphatic rings. The molecule has 4 aromatic rings. The Morgan fingerprint density at radius 1 is 0.688 bits per heavy atom. The molecular formula is C27H18ClNO2S. The smallest absolute Gasteiger partial charge is 0.276 e. The first-order chi connectivity index (χ1) is 15.6. The highest BCUT2D eigenvalue weighted by Crippen LogP contribution is 2.35. The molecule has 1 amide bonds. The molecule has 0 N–H and O–H groups in total. The topological polar surface area (TPSA) is 46.5 Å². The Hall–Kier alpha value is -3.69. The minimum atomic E-state index is -0.407. The molecule has 0 unspecified atom stereocenters. The lowest BCUT2D eigenvalue weighted by molar-refractivity contribution is 0.100. The maximum Gasteiger partial charge on any atom is 0.286 e. The van der Waals surface area contributed by atoms with Gasteiger partial charge in [0, 0.05) is 11.1 Å². The third kappa shape index (κ3) is 5.93. The molecule has 0 radical (unpaired) electrons. The summed E-state index contributed by atoms with van der Waals surface area (Å²) >= 11 is 9.74. The van der Waals surface area contributed by atoms with Crippen molar-refractivity contribution in [2.45, 2.75) is 0 Å². The second-order valence-corrected chi connectivity index (χ2v) is 7.13. The average Bonchev–Trinajstić information content (AvgIpc) is 2.86. The molecule has 0 saturated heterocycles. The Labute approximate surface area is 197 Å². The number of thiocarbonyl (C=S) groups is 1. The molecule has 0 saturated carbocycles.